The van der Waals surface area contributed by atoms with Gasteiger partial charge in [-0.05, 0) is 55.7 Å². The lowest BCUT2D eigenvalue weighted by molar-refractivity contribution is 0.0303. The summed E-state index contributed by atoms with van der Waals surface area (Å²) < 4.78 is 7.63. The maximum atomic E-state index is 13.0. The molecule has 1 saturated heterocycles. The first-order chi connectivity index (χ1) is 16.1. The minimum atomic E-state index is 0.0449. The number of aryl methyl sites for hydroxylation is 3. The summed E-state index contributed by atoms with van der Waals surface area (Å²) in [4.78, 5) is 19.9. The van der Waals surface area contributed by atoms with Crippen LogP contribution in [0.5, 0.6) is 0 Å². The molecule has 1 aliphatic heterocycles. The average Bonchev–Trinajstić information content (AvgIpc) is 3.22. The van der Waals surface area contributed by atoms with Crippen LogP contribution >= 0.6 is 0 Å². The van der Waals surface area contributed by atoms with Gasteiger partial charge in [0, 0.05) is 30.8 Å². The molecule has 0 spiro atoms. The molecule has 0 N–H and O–H groups in total. The van der Waals surface area contributed by atoms with E-state index in [4.69, 9.17) is 9.72 Å². The normalized spacial score (nSPS) is 14.1. The lowest BCUT2D eigenvalue weighted by Gasteiger charge is -2.26. The van der Waals surface area contributed by atoms with Crippen LogP contribution in [-0.2, 0) is 11.3 Å². The predicted molar refractivity (Wildman–Crippen MR) is 132 cm³/mol. The Hall–Kier alpha value is -3.44. The Morgan fingerprint density at radius 3 is 2.42 bits per heavy atom. The highest BCUT2D eigenvalue weighted by atomic mass is 16.5. The molecule has 1 fully saturated rings. The van der Waals surface area contributed by atoms with Crippen LogP contribution in [0.15, 0.2) is 60.7 Å². The van der Waals surface area contributed by atoms with Crippen molar-refractivity contribution >= 4 is 16.9 Å². The Morgan fingerprint density at radius 1 is 0.939 bits per heavy atom. The van der Waals surface area contributed by atoms with Crippen molar-refractivity contribution < 1.29 is 9.53 Å². The van der Waals surface area contributed by atoms with E-state index in [2.05, 4.69) is 67.8 Å². The number of ether oxygens (including phenoxy) is 1. The molecular formula is C28H29N3O2. The fourth-order valence-electron chi connectivity index (χ4n) is 4.77. The highest BCUT2D eigenvalue weighted by molar-refractivity contribution is 5.98. The molecule has 0 unspecified atom stereocenters. The quantitative estimate of drug-likeness (QED) is 0.423. The van der Waals surface area contributed by atoms with E-state index in [0.717, 1.165) is 29.0 Å². The third-order valence-corrected chi connectivity index (χ3v) is 6.45. The number of rotatable bonds is 4. The molecule has 2 heterocycles. The first kappa shape index (κ1) is 21.4. The number of carbonyl (C=O) groups is 1. The van der Waals surface area contributed by atoms with E-state index in [0.29, 0.717) is 31.9 Å². The SMILES string of the molecule is CCn1c(-c2ccccc2-c2ccc(C)cc2C)nc2cc(C(=O)N3CCOCC3)ccc21. The zero-order chi connectivity index (χ0) is 22.9. The van der Waals surface area contributed by atoms with Gasteiger partial charge >= 0.3 is 0 Å². The van der Waals surface area contributed by atoms with Gasteiger partial charge in [0.1, 0.15) is 5.82 Å². The van der Waals surface area contributed by atoms with Crippen LogP contribution in [0.2, 0.25) is 0 Å². The van der Waals surface area contributed by atoms with Crippen LogP contribution in [0.3, 0.4) is 0 Å². The van der Waals surface area contributed by atoms with Crippen molar-refractivity contribution in [2.75, 3.05) is 26.3 Å². The van der Waals surface area contributed by atoms with E-state index >= 15 is 0 Å². The molecule has 1 aromatic heterocycles. The fourth-order valence-corrected chi connectivity index (χ4v) is 4.77. The van der Waals surface area contributed by atoms with Gasteiger partial charge in [0.25, 0.3) is 5.91 Å². The third kappa shape index (κ3) is 3.93. The molecule has 1 aliphatic rings. The molecular weight excluding hydrogens is 410 g/mol. The summed E-state index contributed by atoms with van der Waals surface area (Å²) in [7, 11) is 0. The molecule has 0 saturated carbocycles. The Balaban J connectivity index is 1.61. The molecule has 5 heteroatoms. The number of amides is 1. The number of hydrogen-bond donors (Lipinski definition) is 0. The van der Waals surface area contributed by atoms with Crippen molar-refractivity contribution in [3.8, 4) is 22.5 Å². The smallest absolute Gasteiger partial charge is 0.254 e. The first-order valence-corrected chi connectivity index (χ1v) is 11.6. The third-order valence-electron chi connectivity index (χ3n) is 6.45. The van der Waals surface area contributed by atoms with E-state index in [1.807, 2.05) is 23.1 Å². The molecule has 0 radical (unpaired) electrons. The second-order valence-electron chi connectivity index (χ2n) is 8.65. The highest BCUT2D eigenvalue weighted by Gasteiger charge is 2.21. The number of aromatic nitrogens is 2. The van der Waals surface area contributed by atoms with Crippen LogP contribution in [-0.4, -0.2) is 46.7 Å². The van der Waals surface area contributed by atoms with Crippen LogP contribution in [0.25, 0.3) is 33.5 Å². The molecule has 0 atom stereocenters. The van der Waals surface area contributed by atoms with E-state index < -0.39 is 0 Å². The van der Waals surface area contributed by atoms with E-state index in [1.54, 1.807) is 0 Å². The van der Waals surface area contributed by atoms with E-state index in [-0.39, 0.29) is 5.91 Å². The summed E-state index contributed by atoms with van der Waals surface area (Å²) >= 11 is 0. The van der Waals surface area contributed by atoms with Gasteiger partial charge < -0.3 is 14.2 Å². The van der Waals surface area contributed by atoms with Gasteiger partial charge in [-0.2, -0.15) is 0 Å². The standard InChI is InChI=1S/C28H29N3O2/c1-4-31-26-12-10-21(28(32)30-13-15-33-16-14-30)18-25(26)29-27(31)24-8-6-5-7-23(24)22-11-9-19(2)17-20(22)3/h5-12,17-18H,4,13-16H2,1-3H3. The van der Waals surface area contributed by atoms with Crippen LogP contribution in [0, 0.1) is 13.8 Å². The highest BCUT2D eigenvalue weighted by Crippen LogP contribution is 2.35. The van der Waals surface area contributed by atoms with Crippen LogP contribution in [0.4, 0.5) is 0 Å². The number of hydrogen-bond acceptors (Lipinski definition) is 3. The van der Waals surface area contributed by atoms with E-state index in [9.17, 15) is 4.79 Å². The second kappa shape index (κ2) is 8.83. The molecule has 33 heavy (non-hydrogen) atoms. The summed E-state index contributed by atoms with van der Waals surface area (Å²) in [5, 5.41) is 0. The number of fused-ring (bicyclic) bond motifs is 1. The van der Waals surface area contributed by atoms with Gasteiger partial charge in [-0.15, -0.1) is 0 Å². The summed E-state index contributed by atoms with van der Waals surface area (Å²) in [5.74, 6) is 0.975. The topological polar surface area (TPSA) is 47.4 Å². The fraction of sp³-hybridized carbons (Fsp3) is 0.286. The van der Waals surface area contributed by atoms with Crippen molar-refractivity contribution in [3.05, 3.63) is 77.4 Å². The second-order valence-corrected chi connectivity index (χ2v) is 8.65. The molecule has 5 rings (SSSR count). The van der Waals surface area contributed by atoms with Gasteiger partial charge in [0.05, 0.1) is 24.2 Å². The summed E-state index contributed by atoms with van der Waals surface area (Å²) in [6.45, 7) is 9.67. The monoisotopic (exact) mass is 439 g/mol. The van der Waals surface area contributed by atoms with Crippen LogP contribution in [0.1, 0.15) is 28.4 Å². The van der Waals surface area contributed by atoms with Crippen molar-refractivity contribution in [2.24, 2.45) is 0 Å². The first-order valence-electron chi connectivity index (χ1n) is 11.6. The van der Waals surface area contributed by atoms with Crippen molar-refractivity contribution in [1.82, 2.24) is 14.5 Å². The van der Waals surface area contributed by atoms with Gasteiger partial charge in [0.2, 0.25) is 0 Å². The maximum absolute atomic E-state index is 13.0. The molecule has 0 bridgehead atoms. The molecule has 0 aliphatic carbocycles. The molecule has 5 nitrogen and oxygen atoms in total. The molecule has 1 amide bonds. The zero-order valence-corrected chi connectivity index (χ0v) is 19.5. The van der Waals surface area contributed by atoms with Gasteiger partial charge in [-0.25, -0.2) is 4.98 Å². The molecule has 168 valence electrons. The maximum Gasteiger partial charge on any atom is 0.254 e. The zero-order valence-electron chi connectivity index (χ0n) is 19.5. The summed E-state index contributed by atoms with van der Waals surface area (Å²) in [5.41, 5.74) is 8.57. The van der Waals surface area contributed by atoms with Gasteiger partial charge in [0.15, 0.2) is 0 Å². The predicted octanol–water partition coefficient (Wildman–Crippen LogP) is 5.48. The van der Waals surface area contributed by atoms with E-state index in [1.165, 1.54) is 22.3 Å². The number of nitrogens with zero attached hydrogens (tertiary/aromatic N) is 3. The number of benzene rings is 3. The van der Waals surface area contributed by atoms with Gasteiger partial charge in [-0.3, -0.25) is 4.79 Å². The van der Waals surface area contributed by atoms with Gasteiger partial charge in [-0.1, -0.05) is 48.0 Å². The molecule has 3 aromatic carbocycles. The van der Waals surface area contributed by atoms with Crippen molar-refractivity contribution in [3.63, 3.8) is 0 Å². The minimum Gasteiger partial charge on any atom is -0.378 e. The van der Waals surface area contributed by atoms with Crippen molar-refractivity contribution in [2.45, 2.75) is 27.3 Å². The summed E-state index contributed by atoms with van der Waals surface area (Å²) in [6, 6.07) is 20.9. The lowest BCUT2D eigenvalue weighted by Crippen LogP contribution is -2.40. The Labute approximate surface area is 194 Å². The number of imidazole rings is 1. The Bertz CT molecular complexity index is 1330. The molecule has 4 aromatic rings. The minimum absolute atomic E-state index is 0.0449. The van der Waals surface area contributed by atoms with Crippen molar-refractivity contribution in [1.29, 1.82) is 0 Å². The van der Waals surface area contributed by atoms with Crippen LogP contribution < -0.4 is 0 Å². The number of morpholine rings is 1. The summed E-state index contributed by atoms with van der Waals surface area (Å²) in [6.07, 6.45) is 0. The largest absolute Gasteiger partial charge is 0.378 e. The lowest BCUT2D eigenvalue weighted by atomic mass is 9.94. The Kier molecular flexibility index (Phi) is 5.73. The average molecular weight is 440 g/mol. The Morgan fingerprint density at radius 2 is 1.70 bits per heavy atom. The number of carbonyl (C=O) groups excluding carboxylic acids is 1.